The standard InChI is InChI=1S/C23H22BrNO3.C19H14BrNO/c1-16-13-19(24)23(28-15-27-12-11-26-2)22(14-16)25-20-9-5-3-7-17(20)18-8-4-6-10-21(18)25;1-12-10-15(20)19(22)18(11-12)21-16-8-4-2-6-13(16)14-7-3-5-9-17(14)21/h3-10,13-14H,11-12,15H2,1-2H3;2-11,22H,1H3. The maximum atomic E-state index is 10.5. The molecule has 0 saturated carbocycles. The van der Waals surface area contributed by atoms with Crippen molar-refractivity contribution in [3.63, 3.8) is 0 Å². The van der Waals surface area contributed by atoms with Crippen molar-refractivity contribution in [2.24, 2.45) is 0 Å². The number of hydrogen-bond acceptors (Lipinski definition) is 4. The number of halogens is 2. The maximum absolute atomic E-state index is 10.5. The van der Waals surface area contributed by atoms with E-state index < -0.39 is 0 Å². The Kier molecular flexibility index (Phi) is 9.97. The SMILES string of the molecule is COCCOCOc1c(Br)cc(C)cc1-n1c2ccccc2c2ccccc21.Cc1cc(Br)c(O)c(-n2c3ccccc3c3ccccc32)c1. The van der Waals surface area contributed by atoms with Crippen LogP contribution < -0.4 is 4.74 Å². The second kappa shape index (κ2) is 14.7. The third-order valence-corrected chi connectivity index (χ3v) is 9.91. The highest BCUT2D eigenvalue weighted by atomic mass is 79.9. The van der Waals surface area contributed by atoms with Gasteiger partial charge in [-0.25, -0.2) is 0 Å². The van der Waals surface area contributed by atoms with Crippen molar-refractivity contribution >= 4 is 75.5 Å². The van der Waals surface area contributed by atoms with E-state index >= 15 is 0 Å². The first kappa shape index (κ1) is 33.9. The molecule has 6 aromatic carbocycles. The summed E-state index contributed by atoms with van der Waals surface area (Å²) in [4.78, 5) is 0. The Hall–Kier alpha value is -4.60. The molecule has 0 atom stereocenters. The molecule has 0 unspecified atom stereocenters. The van der Waals surface area contributed by atoms with Gasteiger partial charge in [-0.2, -0.15) is 0 Å². The van der Waals surface area contributed by atoms with Gasteiger partial charge in [0.2, 0.25) is 0 Å². The number of methoxy groups -OCH3 is 1. The van der Waals surface area contributed by atoms with Gasteiger partial charge in [0.1, 0.15) is 0 Å². The van der Waals surface area contributed by atoms with Crippen LogP contribution >= 0.6 is 31.9 Å². The molecule has 0 aliphatic heterocycles. The van der Waals surface area contributed by atoms with Gasteiger partial charge in [0, 0.05) is 28.7 Å². The Morgan fingerprint density at radius 2 is 0.980 bits per heavy atom. The lowest BCUT2D eigenvalue weighted by atomic mass is 10.2. The monoisotopic (exact) mass is 790 g/mol. The molecular weight excluding hydrogens is 756 g/mol. The molecule has 0 radical (unpaired) electrons. The first-order valence-corrected chi connectivity index (χ1v) is 17.9. The molecular formula is C42H36Br2N2O4. The zero-order valence-electron chi connectivity index (χ0n) is 28.0. The number of aromatic nitrogens is 2. The van der Waals surface area contributed by atoms with Crippen LogP contribution in [0, 0.1) is 13.8 Å². The van der Waals surface area contributed by atoms with E-state index in [1.165, 1.54) is 21.5 Å². The number of para-hydroxylation sites is 4. The molecule has 8 heteroatoms. The van der Waals surface area contributed by atoms with Crippen molar-refractivity contribution in [3.05, 3.63) is 141 Å². The molecule has 0 fully saturated rings. The van der Waals surface area contributed by atoms with Crippen LogP contribution in [-0.4, -0.2) is 41.4 Å². The summed E-state index contributed by atoms with van der Waals surface area (Å²) in [6, 6.07) is 41.6. The van der Waals surface area contributed by atoms with E-state index in [9.17, 15) is 5.11 Å². The number of benzene rings is 6. The molecule has 0 saturated heterocycles. The number of phenolic OH excluding ortho intramolecular Hbond substituents is 1. The molecule has 0 aliphatic rings. The molecule has 0 bridgehead atoms. The molecule has 1 N–H and O–H groups in total. The highest BCUT2D eigenvalue weighted by Crippen LogP contribution is 2.40. The minimum absolute atomic E-state index is 0.162. The van der Waals surface area contributed by atoms with Crippen LogP contribution in [0.5, 0.6) is 11.5 Å². The highest BCUT2D eigenvalue weighted by Gasteiger charge is 2.18. The Morgan fingerprint density at radius 3 is 1.46 bits per heavy atom. The van der Waals surface area contributed by atoms with Crippen LogP contribution in [0.15, 0.2) is 130 Å². The Balaban J connectivity index is 0.000000161. The molecule has 0 spiro atoms. The lowest BCUT2D eigenvalue weighted by Gasteiger charge is -2.17. The van der Waals surface area contributed by atoms with E-state index in [4.69, 9.17) is 14.2 Å². The van der Waals surface area contributed by atoms with Crippen molar-refractivity contribution in [2.75, 3.05) is 27.1 Å². The average molecular weight is 793 g/mol. The van der Waals surface area contributed by atoms with Gasteiger partial charge in [0.25, 0.3) is 0 Å². The molecule has 2 heterocycles. The van der Waals surface area contributed by atoms with Gasteiger partial charge in [0.15, 0.2) is 18.3 Å². The summed E-state index contributed by atoms with van der Waals surface area (Å²) in [6.07, 6.45) is 0. The van der Waals surface area contributed by atoms with E-state index in [1.54, 1.807) is 7.11 Å². The number of hydrogen-bond donors (Lipinski definition) is 1. The summed E-state index contributed by atoms with van der Waals surface area (Å²) in [5.41, 5.74) is 8.51. The van der Waals surface area contributed by atoms with Gasteiger partial charge in [0.05, 0.1) is 55.6 Å². The maximum Gasteiger partial charge on any atom is 0.189 e. The van der Waals surface area contributed by atoms with Crippen LogP contribution in [0.4, 0.5) is 0 Å². The molecule has 50 heavy (non-hydrogen) atoms. The fraction of sp³-hybridized carbons (Fsp3) is 0.143. The quantitative estimate of drug-likeness (QED) is 0.123. The average Bonchev–Trinajstić information content (AvgIpc) is 3.64. The predicted molar refractivity (Wildman–Crippen MR) is 211 cm³/mol. The van der Waals surface area contributed by atoms with Crippen molar-refractivity contribution in [1.82, 2.24) is 9.13 Å². The predicted octanol–water partition coefficient (Wildman–Crippen LogP) is 11.4. The van der Waals surface area contributed by atoms with Crippen LogP contribution in [0.3, 0.4) is 0 Å². The van der Waals surface area contributed by atoms with E-state index in [0.29, 0.717) is 17.7 Å². The second-order valence-corrected chi connectivity index (χ2v) is 13.8. The molecule has 252 valence electrons. The van der Waals surface area contributed by atoms with E-state index in [2.05, 4.69) is 133 Å². The van der Waals surface area contributed by atoms with Gasteiger partial charge >= 0.3 is 0 Å². The second-order valence-electron chi connectivity index (χ2n) is 12.1. The van der Waals surface area contributed by atoms with Gasteiger partial charge in [-0.05, 0) is 105 Å². The van der Waals surface area contributed by atoms with Crippen LogP contribution in [0.2, 0.25) is 0 Å². The van der Waals surface area contributed by atoms with E-state index in [1.807, 2.05) is 43.3 Å². The fourth-order valence-corrected chi connectivity index (χ4v) is 7.82. The minimum atomic E-state index is 0.162. The first-order valence-electron chi connectivity index (χ1n) is 16.3. The van der Waals surface area contributed by atoms with Gasteiger partial charge in [-0.1, -0.05) is 72.8 Å². The lowest BCUT2D eigenvalue weighted by molar-refractivity contribution is -0.00878. The molecule has 2 aromatic heterocycles. The Bertz CT molecular complexity index is 2380. The molecule has 8 rings (SSSR count). The van der Waals surface area contributed by atoms with Crippen molar-refractivity contribution in [1.29, 1.82) is 0 Å². The largest absolute Gasteiger partial charge is 0.505 e. The Morgan fingerprint density at radius 1 is 0.560 bits per heavy atom. The number of ether oxygens (including phenoxy) is 3. The highest BCUT2D eigenvalue weighted by molar-refractivity contribution is 9.11. The molecule has 0 amide bonds. The summed E-state index contributed by atoms with van der Waals surface area (Å²) in [5.74, 6) is 1.02. The number of nitrogens with zero attached hydrogens (tertiary/aromatic N) is 2. The number of fused-ring (bicyclic) bond motifs is 6. The van der Waals surface area contributed by atoms with Crippen molar-refractivity contribution < 1.29 is 19.3 Å². The third-order valence-electron chi connectivity index (χ3n) is 8.72. The molecule has 0 aliphatic carbocycles. The lowest BCUT2D eigenvalue weighted by Crippen LogP contribution is -2.10. The van der Waals surface area contributed by atoms with E-state index in [0.717, 1.165) is 54.8 Å². The number of aromatic hydroxyl groups is 1. The van der Waals surface area contributed by atoms with Crippen LogP contribution in [0.25, 0.3) is 55.0 Å². The number of rotatable bonds is 8. The van der Waals surface area contributed by atoms with Crippen LogP contribution in [-0.2, 0) is 9.47 Å². The summed E-state index contributed by atoms with van der Waals surface area (Å²) >= 11 is 7.12. The van der Waals surface area contributed by atoms with Crippen molar-refractivity contribution in [2.45, 2.75) is 13.8 Å². The van der Waals surface area contributed by atoms with Crippen LogP contribution in [0.1, 0.15) is 11.1 Å². The summed E-state index contributed by atoms with van der Waals surface area (Å²) in [7, 11) is 1.65. The fourth-order valence-electron chi connectivity index (χ4n) is 6.57. The number of aryl methyl sites for hydroxylation is 2. The summed E-state index contributed by atoms with van der Waals surface area (Å²) < 4.78 is 22.6. The Labute approximate surface area is 307 Å². The van der Waals surface area contributed by atoms with Crippen molar-refractivity contribution in [3.8, 4) is 22.9 Å². The zero-order valence-corrected chi connectivity index (χ0v) is 31.2. The van der Waals surface area contributed by atoms with Gasteiger partial charge in [-0.15, -0.1) is 0 Å². The zero-order chi connectivity index (χ0) is 34.8. The van der Waals surface area contributed by atoms with E-state index in [-0.39, 0.29) is 12.5 Å². The first-order chi connectivity index (χ1) is 24.4. The third kappa shape index (κ3) is 6.40. The van der Waals surface area contributed by atoms with Gasteiger partial charge < -0.3 is 28.5 Å². The smallest absolute Gasteiger partial charge is 0.189 e. The molecule has 8 aromatic rings. The van der Waals surface area contributed by atoms with Gasteiger partial charge in [-0.3, -0.25) is 0 Å². The topological polar surface area (TPSA) is 57.8 Å². The number of phenols is 1. The summed E-state index contributed by atoms with van der Waals surface area (Å²) in [6.45, 7) is 5.31. The normalized spacial score (nSPS) is 11.4. The minimum Gasteiger partial charge on any atom is -0.505 e. The summed E-state index contributed by atoms with van der Waals surface area (Å²) in [5, 5.41) is 15.4. The molecule has 6 nitrogen and oxygen atoms in total.